The van der Waals surface area contributed by atoms with Gasteiger partial charge in [0.05, 0.1) is 50.6 Å². The van der Waals surface area contributed by atoms with Crippen LogP contribution in [0.4, 0.5) is 10.2 Å². The molecule has 40 heavy (non-hydrogen) atoms. The number of rotatable bonds is 9. The summed E-state index contributed by atoms with van der Waals surface area (Å²) in [6.07, 6.45) is 5.92. The Hall–Kier alpha value is -5.26. The molecule has 0 spiro atoms. The van der Waals surface area contributed by atoms with Crippen LogP contribution in [-0.4, -0.2) is 51.5 Å². The van der Waals surface area contributed by atoms with E-state index in [0.717, 1.165) is 0 Å². The number of amides is 1. The molecule has 204 valence electrons. The molecule has 5 rings (SSSR count). The van der Waals surface area contributed by atoms with Crippen molar-refractivity contribution in [3.63, 3.8) is 0 Å². The number of hydrogen-bond donors (Lipinski definition) is 1. The van der Waals surface area contributed by atoms with Crippen molar-refractivity contribution in [3.05, 3.63) is 78.3 Å². The van der Waals surface area contributed by atoms with Gasteiger partial charge in [-0.3, -0.25) is 9.78 Å². The zero-order valence-corrected chi connectivity index (χ0v) is 22.1. The van der Waals surface area contributed by atoms with Crippen LogP contribution in [0.1, 0.15) is 23.0 Å². The van der Waals surface area contributed by atoms with Gasteiger partial charge in [-0.2, -0.15) is 5.10 Å². The van der Waals surface area contributed by atoms with Gasteiger partial charge in [0.2, 0.25) is 5.88 Å². The molecule has 1 amide bonds. The molecule has 0 bridgehead atoms. The number of fused-ring (bicyclic) bond motifs is 1. The van der Waals surface area contributed by atoms with Crippen molar-refractivity contribution in [3.8, 4) is 34.6 Å². The van der Waals surface area contributed by atoms with Crippen LogP contribution in [0.25, 0.3) is 16.6 Å². The lowest BCUT2D eigenvalue weighted by Gasteiger charge is -2.12. The second-order valence-electron chi connectivity index (χ2n) is 8.48. The minimum atomic E-state index is -0.550. The smallest absolute Gasteiger partial charge is 0.281 e. The number of anilines is 1. The van der Waals surface area contributed by atoms with Crippen molar-refractivity contribution < 1.29 is 28.1 Å². The number of pyridine rings is 1. The largest absolute Gasteiger partial charge is 0.493 e. The molecule has 2 aromatic carbocycles. The predicted molar refractivity (Wildman–Crippen MR) is 144 cm³/mol. The van der Waals surface area contributed by atoms with E-state index in [1.807, 2.05) is 0 Å². The minimum Gasteiger partial charge on any atom is -0.493 e. The highest BCUT2D eigenvalue weighted by Gasteiger charge is 2.20. The molecule has 0 fully saturated rings. The van der Waals surface area contributed by atoms with Crippen LogP contribution in [0.15, 0.2) is 61.2 Å². The Labute approximate surface area is 228 Å². The first-order valence-corrected chi connectivity index (χ1v) is 12.2. The van der Waals surface area contributed by atoms with E-state index in [2.05, 4.69) is 25.4 Å². The van der Waals surface area contributed by atoms with Gasteiger partial charge in [-0.15, -0.1) is 0 Å². The highest BCUT2D eigenvalue weighted by Crippen LogP contribution is 2.36. The number of methoxy groups -OCH3 is 2. The summed E-state index contributed by atoms with van der Waals surface area (Å²) in [6.45, 7) is 3.87. The number of carbonyl (C=O) groups excluding carboxylic acids is 1. The van der Waals surface area contributed by atoms with Gasteiger partial charge in [-0.25, -0.2) is 19.0 Å². The topological polar surface area (TPSA) is 123 Å². The number of benzene rings is 2. The summed E-state index contributed by atoms with van der Waals surface area (Å²) in [5.74, 6) is 1.30. The third kappa shape index (κ3) is 5.32. The van der Waals surface area contributed by atoms with Gasteiger partial charge in [-0.1, -0.05) is 0 Å². The number of hydrogen-bond acceptors (Lipinski definition) is 9. The van der Waals surface area contributed by atoms with Crippen molar-refractivity contribution in [2.75, 3.05) is 26.1 Å². The number of nitrogens with one attached hydrogen (secondary N) is 1. The summed E-state index contributed by atoms with van der Waals surface area (Å²) in [5, 5.41) is 7.73. The number of halogens is 1. The summed E-state index contributed by atoms with van der Waals surface area (Å²) < 4.78 is 37.3. The zero-order chi connectivity index (χ0) is 28.2. The van der Waals surface area contributed by atoms with Crippen LogP contribution in [0.5, 0.6) is 28.9 Å². The molecule has 0 saturated carbocycles. The highest BCUT2D eigenvalue weighted by atomic mass is 19.1. The maximum atomic E-state index is 13.6. The van der Waals surface area contributed by atoms with E-state index in [1.165, 1.54) is 29.2 Å². The van der Waals surface area contributed by atoms with E-state index >= 15 is 0 Å². The van der Waals surface area contributed by atoms with Gasteiger partial charge in [0.25, 0.3) is 5.91 Å². The lowest BCUT2D eigenvalue weighted by atomic mass is 10.2. The Bertz CT molecular complexity index is 1690. The molecule has 0 aliphatic rings. The quantitative estimate of drug-likeness (QED) is 0.269. The molecular formula is C28H25FN6O5. The van der Waals surface area contributed by atoms with Crippen LogP contribution in [-0.2, 0) is 0 Å². The maximum absolute atomic E-state index is 13.6. The Morgan fingerprint density at radius 1 is 0.975 bits per heavy atom. The van der Waals surface area contributed by atoms with Crippen LogP contribution in [0.3, 0.4) is 0 Å². The predicted octanol–water partition coefficient (Wildman–Crippen LogP) is 5.12. The molecule has 1 N–H and O–H groups in total. The van der Waals surface area contributed by atoms with Crippen LogP contribution < -0.4 is 24.3 Å². The molecule has 3 heterocycles. The number of aromatic nitrogens is 5. The van der Waals surface area contributed by atoms with E-state index < -0.39 is 5.91 Å². The molecule has 11 nitrogen and oxygen atoms in total. The molecule has 0 atom stereocenters. The van der Waals surface area contributed by atoms with E-state index in [0.29, 0.717) is 46.0 Å². The molecular weight excluding hydrogens is 519 g/mol. The lowest BCUT2D eigenvalue weighted by Crippen LogP contribution is -2.15. The number of carbonyl (C=O) groups is 1. The van der Waals surface area contributed by atoms with E-state index in [4.69, 9.17) is 18.9 Å². The SMILES string of the molecule is CCOc1cn(-c2ccc(F)cc2C)nc1C(=O)Nc1cnc(Oc2ccnc3cc(OC)c(OC)cc23)cn1. The number of ether oxygens (including phenoxy) is 4. The Morgan fingerprint density at radius 3 is 2.48 bits per heavy atom. The molecule has 3 aromatic heterocycles. The van der Waals surface area contributed by atoms with Crippen molar-refractivity contribution >= 4 is 22.6 Å². The van der Waals surface area contributed by atoms with Crippen molar-refractivity contribution in [2.24, 2.45) is 0 Å². The Morgan fingerprint density at radius 2 is 1.77 bits per heavy atom. The third-order valence-corrected chi connectivity index (χ3v) is 5.89. The van der Waals surface area contributed by atoms with Gasteiger partial charge in [0, 0.05) is 17.6 Å². The van der Waals surface area contributed by atoms with Gasteiger partial charge < -0.3 is 24.3 Å². The fourth-order valence-electron chi connectivity index (χ4n) is 4.03. The summed E-state index contributed by atoms with van der Waals surface area (Å²) in [4.78, 5) is 25.9. The van der Waals surface area contributed by atoms with Crippen LogP contribution in [0.2, 0.25) is 0 Å². The zero-order valence-electron chi connectivity index (χ0n) is 22.1. The summed E-state index contributed by atoms with van der Waals surface area (Å²) in [7, 11) is 3.10. The normalized spacial score (nSPS) is 10.8. The van der Waals surface area contributed by atoms with Gasteiger partial charge in [0.15, 0.2) is 28.8 Å². The van der Waals surface area contributed by atoms with Crippen molar-refractivity contribution in [1.82, 2.24) is 24.7 Å². The maximum Gasteiger partial charge on any atom is 0.281 e. The summed E-state index contributed by atoms with van der Waals surface area (Å²) in [6, 6.07) is 9.50. The lowest BCUT2D eigenvalue weighted by molar-refractivity contribution is 0.101. The molecule has 0 radical (unpaired) electrons. The van der Waals surface area contributed by atoms with Crippen molar-refractivity contribution in [1.29, 1.82) is 0 Å². The standard InChI is InChI=1S/C28H25FN6O5/c1-5-39-24-15-35(20-7-6-17(29)10-16(20)2)34-27(24)28(36)33-25-13-32-26(14-31-25)40-21-8-9-30-19-12-23(38-4)22(37-3)11-18(19)21/h6-15H,5H2,1-4H3,(H,31,33,36). The van der Waals surface area contributed by atoms with E-state index in [9.17, 15) is 9.18 Å². The first kappa shape index (κ1) is 26.4. The molecule has 0 aliphatic heterocycles. The Balaban J connectivity index is 1.35. The average molecular weight is 545 g/mol. The summed E-state index contributed by atoms with van der Waals surface area (Å²) in [5.41, 5.74) is 1.95. The first-order chi connectivity index (χ1) is 19.4. The fourth-order valence-corrected chi connectivity index (χ4v) is 4.03. The highest BCUT2D eigenvalue weighted by molar-refractivity contribution is 6.04. The fraction of sp³-hybridized carbons (Fsp3) is 0.179. The second-order valence-corrected chi connectivity index (χ2v) is 8.48. The average Bonchev–Trinajstić information content (AvgIpc) is 3.37. The van der Waals surface area contributed by atoms with E-state index in [1.54, 1.807) is 64.7 Å². The Kier molecular flexibility index (Phi) is 7.40. The monoisotopic (exact) mass is 544 g/mol. The molecule has 0 aliphatic carbocycles. The minimum absolute atomic E-state index is 0.0420. The third-order valence-electron chi connectivity index (χ3n) is 5.89. The van der Waals surface area contributed by atoms with E-state index in [-0.39, 0.29) is 29.0 Å². The summed E-state index contributed by atoms with van der Waals surface area (Å²) >= 11 is 0. The van der Waals surface area contributed by atoms with Crippen LogP contribution in [0, 0.1) is 12.7 Å². The van der Waals surface area contributed by atoms with Crippen LogP contribution >= 0.6 is 0 Å². The molecule has 12 heteroatoms. The second kappa shape index (κ2) is 11.2. The molecule has 5 aromatic rings. The molecule has 0 saturated heterocycles. The van der Waals surface area contributed by atoms with Gasteiger partial charge in [-0.05, 0) is 49.7 Å². The number of aryl methyl sites for hydroxylation is 1. The molecule has 0 unspecified atom stereocenters. The van der Waals surface area contributed by atoms with Crippen molar-refractivity contribution in [2.45, 2.75) is 13.8 Å². The van der Waals surface area contributed by atoms with Gasteiger partial charge in [0.1, 0.15) is 11.6 Å². The first-order valence-electron chi connectivity index (χ1n) is 12.2. The number of nitrogens with zero attached hydrogens (tertiary/aromatic N) is 5. The van der Waals surface area contributed by atoms with Gasteiger partial charge >= 0.3 is 0 Å².